The molecule has 15 nitrogen and oxygen atoms in total. The summed E-state index contributed by atoms with van der Waals surface area (Å²) in [5, 5.41) is 6.79. The molecule has 402 valence electrons. The van der Waals surface area contributed by atoms with Crippen molar-refractivity contribution in [3.8, 4) is 22.8 Å². The number of hydrogen-bond acceptors (Lipinski definition) is 8. The van der Waals surface area contributed by atoms with Crippen LogP contribution in [0.2, 0.25) is 10.0 Å². The van der Waals surface area contributed by atoms with E-state index in [1.165, 1.54) is 42.8 Å². The number of fused-ring (bicyclic) bond motifs is 1. The SMILES string of the molecule is COC[C@@H]1NC(=O)[C@H](C)N(Cc2ccc(Cl)cc2Oc2ccc(-c3cnc4n3CC[N+]3(CCCC3)C4)cc2)C(=O)C[C@@H](Cc2ccccc2)C(=O)N(C)[C@@H](C)CNC(=O)C[C@H](Cc2ccc(Cl)cc2)N(C)C1=O.Cl.[Cl-]. The molecule has 0 saturated carbocycles. The number of hydrogen-bond donors (Lipinski definition) is 2. The van der Waals surface area contributed by atoms with E-state index in [1.807, 2.05) is 79.9 Å². The predicted molar refractivity (Wildman–Crippen MR) is 288 cm³/mol. The van der Waals surface area contributed by atoms with Crippen LogP contribution in [0.15, 0.2) is 103 Å². The Morgan fingerprint density at radius 2 is 1.47 bits per heavy atom. The highest BCUT2D eigenvalue weighted by Gasteiger charge is 2.39. The monoisotopic (exact) mass is 1100 g/mol. The third kappa shape index (κ3) is 14.4. The van der Waals surface area contributed by atoms with E-state index in [0.717, 1.165) is 52.3 Å². The fourth-order valence-corrected chi connectivity index (χ4v) is 10.7. The highest BCUT2D eigenvalue weighted by molar-refractivity contribution is 6.31. The molecule has 2 N–H and O–H groups in total. The van der Waals surface area contributed by atoms with Crippen molar-refractivity contribution < 1.29 is 50.3 Å². The second-order valence-corrected chi connectivity index (χ2v) is 20.9. The van der Waals surface area contributed by atoms with Gasteiger partial charge < -0.3 is 56.3 Å². The van der Waals surface area contributed by atoms with Crippen LogP contribution in [-0.2, 0) is 61.2 Å². The highest BCUT2D eigenvalue weighted by Crippen LogP contribution is 2.34. The second-order valence-electron chi connectivity index (χ2n) is 20.0. The van der Waals surface area contributed by atoms with Gasteiger partial charge in [0.25, 0.3) is 0 Å². The molecule has 75 heavy (non-hydrogen) atoms. The Morgan fingerprint density at radius 3 is 2.16 bits per heavy atom. The summed E-state index contributed by atoms with van der Waals surface area (Å²) in [6, 6.07) is 26.1. The third-order valence-electron chi connectivity index (χ3n) is 15.0. The van der Waals surface area contributed by atoms with E-state index < -0.39 is 47.8 Å². The van der Waals surface area contributed by atoms with Crippen molar-refractivity contribution in [3.05, 3.63) is 136 Å². The lowest BCUT2D eigenvalue weighted by Crippen LogP contribution is -3.00. The standard InChI is InChI=1S/C56H66Cl2N8O7.2ClH/c1-37-32-60-52(67)31-46(28-40-13-18-44(57)19-14-40)63(4)56(71)48(36-72-5)61-54(69)38(2)65(53(68)29-43(55(70)62(37)3)27-39-11-7-6-8-12-39)34-42-15-20-45(58)30-50(42)73-47-21-16-41(17-22-47)49-33-59-51-35-66(24-9-10-25-66)26-23-64(49)51;;/h6-8,11-22,30,33,37-38,43,46,48H,9-10,23-29,31-32,34-36H2,1-5H3,(H-,60,61,67,69);2*1H/t37-,38-,43+,46-,48-;;/m0../s1. The summed E-state index contributed by atoms with van der Waals surface area (Å²) in [5.74, 6) is -1.05. The molecule has 1 aromatic heterocycles. The Bertz CT molecular complexity index is 2760. The molecule has 0 unspecified atom stereocenters. The van der Waals surface area contributed by atoms with Crippen LogP contribution in [0.25, 0.3) is 11.3 Å². The second kappa shape index (κ2) is 26.4. The van der Waals surface area contributed by atoms with Crippen LogP contribution in [0.3, 0.4) is 0 Å². The maximum atomic E-state index is 15.1. The van der Waals surface area contributed by atoms with E-state index in [9.17, 15) is 19.2 Å². The topological polar surface area (TPSA) is 155 Å². The molecule has 4 heterocycles. The van der Waals surface area contributed by atoms with E-state index in [4.69, 9.17) is 37.7 Å². The van der Waals surface area contributed by atoms with Crippen molar-refractivity contribution in [2.75, 3.05) is 54.0 Å². The fourth-order valence-electron chi connectivity index (χ4n) is 10.4. The van der Waals surface area contributed by atoms with Crippen LogP contribution in [0.1, 0.15) is 62.0 Å². The van der Waals surface area contributed by atoms with Crippen LogP contribution in [0.4, 0.5) is 0 Å². The molecule has 5 aromatic rings. The molecule has 2 fully saturated rings. The lowest BCUT2D eigenvalue weighted by Gasteiger charge is -2.38. The van der Waals surface area contributed by atoms with Gasteiger partial charge in [-0.05, 0) is 86.3 Å². The number of likely N-dealkylation sites (N-methyl/N-ethyl adjacent to an activating group) is 2. The molecule has 5 amide bonds. The Kier molecular flexibility index (Phi) is 20.6. The number of imidazole rings is 1. The summed E-state index contributed by atoms with van der Waals surface area (Å²) in [6.45, 7) is 8.65. The van der Waals surface area contributed by atoms with Gasteiger partial charge in [-0.3, -0.25) is 24.0 Å². The third-order valence-corrected chi connectivity index (χ3v) is 15.5. The van der Waals surface area contributed by atoms with Crippen LogP contribution in [0.5, 0.6) is 11.5 Å². The first-order valence-electron chi connectivity index (χ1n) is 25.2. The molecule has 3 aliphatic heterocycles. The minimum Gasteiger partial charge on any atom is -1.00 e. The number of carbonyl (C=O) groups excluding carboxylic acids is 5. The molecule has 0 radical (unpaired) electrons. The van der Waals surface area contributed by atoms with E-state index in [-0.39, 0.29) is 75.6 Å². The Balaban J connectivity index is 0.00000457. The first-order chi connectivity index (χ1) is 35.1. The van der Waals surface area contributed by atoms with Gasteiger partial charge in [0.15, 0.2) is 5.82 Å². The van der Waals surface area contributed by atoms with Crippen molar-refractivity contribution in [2.24, 2.45) is 5.92 Å². The lowest BCUT2D eigenvalue weighted by molar-refractivity contribution is -0.933. The van der Waals surface area contributed by atoms with E-state index in [2.05, 4.69) is 15.2 Å². The quantitative estimate of drug-likeness (QED) is 0.180. The summed E-state index contributed by atoms with van der Waals surface area (Å²) in [5.41, 5.74) is 4.31. The van der Waals surface area contributed by atoms with E-state index >= 15 is 4.79 Å². The van der Waals surface area contributed by atoms with Gasteiger partial charge in [0.05, 0.1) is 57.1 Å². The number of carbonyl (C=O) groups is 5. The number of rotatable bonds is 11. The van der Waals surface area contributed by atoms with Crippen LogP contribution in [0, 0.1) is 5.92 Å². The number of ether oxygens (including phenoxy) is 2. The predicted octanol–water partition coefficient (Wildman–Crippen LogP) is 4.73. The number of aromatic nitrogens is 2. The molecule has 19 heteroatoms. The molecule has 2 saturated heterocycles. The van der Waals surface area contributed by atoms with Gasteiger partial charge in [0.2, 0.25) is 29.5 Å². The zero-order valence-corrected chi connectivity index (χ0v) is 46.3. The minimum absolute atomic E-state index is 0. The van der Waals surface area contributed by atoms with Crippen molar-refractivity contribution in [2.45, 2.75) is 96.2 Å². The van der Waals surface area contributed by atoms with Gasteiger partial charge in [-0.2, -0.15) is 0 Å². The van der Waals surface area contributed by atoms with Crippen molar-refractivity contribution >= 4 is 65.1 Å². The van der Waals surface area contributed by atoms with Gasteiger partial charge in [0, 0.05) is 86.7 Å². The molecular formula is C56H68Cl4N8O7. The average Bonchev–Trinajstić information content (AvgIpc) is 4.03. The maximum Gasteiger partial charge on any atom is 0.247 e. The Morgan fingerprint density at radius 1 is 0.787 bits per heavy atom. The normalized spacial score (nSPS) is 21.8. The van der Waals surface area contributed by atoms with Gasteiger partial charge >= 0.3 is 0 Å². The maximum absolute atomic E-state index is 15.1. The highest BCUT2D eigenvalue weighted by atomic mass is 35.5. The van der Waals surface area contributed by atoms with Gasteiger partial charge in [-0.1, -0.05) is 71.7 Å². The summed E-state index contributed by atoms with van der Waals surface area (Å²) >= 11 is 12.8. The van der Waals surface area contributed by atoms with Crippen LogP contribution in [-0.4, -0.2) is 136 Å². The number of halogens is 4. The molecule has 0 aliphatic carbocycles. The number of benzene rings is 4. The smallest absolute Gasteiger partial charge is 0.247 e. The zero-order chi connectivity index (χ0) is 51.8. The van der Waals surface area contributed by atoms with Crippen molar-refractivity contribution in [1.29, 1.82) is 0 Å². The summed E-state index contributed by atoms with van der Waals surface area (Å²) in [4.78, 5) is 81.9. The van der Waals surface area contributed by atoms with E-state index in [1.54, 1.807) is 56.3 Å². The lowest BCUT2D eigenvalue weighted by atomic mass is 9.93. The number of amides is 5. The zero-order valence-electron chi connectivity index (χ0n) is 43.2. The molecule has 4 aromatic carbocycles. The number of quaternary nitrogens is 1. The number of nitrogens with one attached hydrogen (secondary N) is 2. The van der Waals surface area contributed by atoms with Crippen molar-refractivity contribution in [1.82, 2.24) is 34.9 Å². The molecule has 0 bridgehead atoms. The van der Waals surface area contributed by atoms with Crippen LogP contribution < -0.4 is 27.8 Å². The molecule has 8 rings (SSSR count). The fraction of sp³-hybridized carbons (Fsp3) is 0.429. The Labute approximate surface area is 462 Å². The Hall–Kier alpha value is -5.68. The molecule has 3 aliphatic rings. The first-order valence-corrected chi connectivity index (χ1v) is 26.0. The van der Waals surface area contributed by atoms with Crippen molar-refractivity contribution in [3.63, 3.8) is 0 Å². The van der Waals surface area contributed by atoms with Crippen LogP contribution >= 0.6 is 35.6 Å². The summed E-state index contributed by atoms with van der Waals surface area (Å²) in [7, 11) is 4.68. The van der Waals surface area contributed by atoms with E-state index in [0.29, 0.717) is 33.5 Å². The molecule has 1 spiro atoms. The minimum atomic E-state index is -1.19. The molecular weight excluding hydrogens is 1040 g/mol. The van der Waals surface area contributed by atoms with Gasteiger partial charge in [-0.15, -0.1) is 12.4 Å². The van der Waals surface area contributed by atoms with Gasteiger partial charge in [-0.25, -0.2) is 4.98 Å². The number of nitrogens with zero attached hydrogens (tertiary/aromatic N) is 6. The largest absolute Gasteiger partial charge is 1.00 e. The first kappa shape index (κ1) is 58.6. The molecule has 5 atom stereocenters. The average molecular weight is 1110 g/mol. The summed E-state index contributed by atoms with van der Waals surface area (Å²) < 4.78 is 15.5. The number of methoxy groups -OCH3 is 1. The summed E-state index contributed by atoms with van der Waals surface area (Å²) in [6.07, 6.45) is 4.71. The van der Waals surface area contributed by atoms with Gasteiger partial charge in [0.1, 0.15) is 30.1 Å².